The Morgan fingerprint density at radius 1 is 0.912 bits per heavy atom. The number of hydrogen-bond donors (Lipinski definition) is 2. The maximum atomic E-state index is 12.8. The number of nitrogens with one attached hydrogen (secondary N) is 2. The molecule has 0 aliphatic rings. The molecule has 0 radical (unpaired) electrons. The van der Waals surface area contributed by atoms with Crippen LogP contribution in [0.25, 0.3) is 10.8 Å². The highest BCUT2D eigenvalue weighted by molar-refractivity contribution is 7.92. The van der Waals surface area contributed by atoms with E-state index in [0.717, 1.165) is 16.3 Å². The number of aromatic nitrogens is 2. The van der Waals surface area contributed by atoms with Crippen LogP contribution in [0.4, 0.5) is 11.5 Å². The second-order valence-corrected chi connectivity index (χ2v) is 8.96. The Labute approximate surface area is 196 Å². The van der Waals surface area contributed by atoms with Gasteiger partial charge in [0.25, 0.3) is 10.0 Å². The molecule has 1 heterocycles. The number of amides is 1. The number of methoxy groups -OCH3 is 2. The maximum absolute atomic E-state index is 12.8. The highest BCUT2D eigenvalue weighted by Gasteiger charge is 2.17. The van der Waals surface area contributed by atoms with Gasteiger partial charge in [0.1, 0.15) is 0 Å². The quantitative estimate of drug-likeness (QED) is 0.397. The molecule has 0 spiro atoms. The SMILES string of the molecule is COc1cc(NS(=O)(=O)c2ccc(NC(=O)Cc3cccc4ccccc34)cc2)nc(OC)n1. The number of nitrogens with zero attached hydrogens (tertiary/aromatic N) is 2. The van der Waals surface area contributed by atoms with E-state index >= 15 is 0 Å². The van der Waals surface area contributed by atoms with Crippen molar-refractivity contribution in [1.82, 2.24) is 9.97 Å². The van der Waals surface area contributed by atoms with Crippen LogP contribution in [0.3, 0.4) is 0 Å². The predicted octanol–water partition coefficient (Wildman–Crippen LogP) is 3.63. The van der Waals surface area contributed by atoms with Gasteiger partial charge in [-0.1, -0.05) is 42.5 Å². The molecule has 1 amide bonds. The summed E-state index contributed by atoms with van der Waals surface area (Å²) in [5, 5.41) is 4.89. The zero-order valence-corrected chi connectivity index (χ0v) is 19.3. The average Bonchev–Trinajstić information content (AvgIpc) is 2.84. The highest BCUT2D eigenvalue weighted by Crippen LogP contribution is 2.22. The minimum absolute atomic E-state index is 0.00355. The third-order valence-corrected chi connectivity index (χ3v) is 6.36. The first-order valence-corrected chi connectivity index (χ1v) is 11.7. The molecule has 0 aliphatic carbocycles. The van der Waals surface area contributed by atoms with Crippen LogP contribution in [0, 0.1) is 0 Å². The van der Waals surface area contributed by atoms with E-state index in [-0.39, 0.29) is 34.9 Å². The van der Waals surface area contributed by atoms with Crippen molar-refractivity contribution in [2.45, 2.75) is 11.3 Å². The van der Waals surface area contributed by atoms with Gasteiger partial charge in [0, 0.05) is 11.8 Å². The summed E-state index contributed by atoms with van der Waals surface area (Å²) in [7, 11) is -1.19. The van der Waals surface area contributed by atoms with Crippen molar-refractivity contribution < 1.29 is 22.7 Å². The molecule has 4 rings (SSSR count). The molecule has 0 saturated carbocycles. The third-order valence-electron chi connectivity index (χ3n) is 4.99. The van der Waals surface area contributed by atoms with Gasteiger partial charge in [-0.05, 0) is 40.6 Å². The zero-order valence-electron chi connectivity index (χ0n) is 18.5. The first kappa shape index (κ1) is 23.0. The molecule has 174 valence electrons. The molecule has 10 heteroatoms. The van der Waals surface area contributed by atoms with Crippen LogP contribution in [-0.4, -0.2) is 38.5 Å². The Morgan fingerprint density at radius 2 is 1.65 bits per heavy atom. The van der Waals surface area contributed by atoms with Gasteiger partial charge in [-0.3, -0.25) is 9.52 Å². The summed E-state index contributed by atoms with van der Waals surface area (Å²) >= 11 is 0. The molecule has 34 heavy (non-hydrogen) atoms. The number of hydrogen-bond acceptors (Lipinski definition) is 7. The van der Waals surface area contributed by atoms with Crippen LogP contribution in [0.5, 0.6) is 11.9 Å². The fourth-order valence-corrected chi connectivity index (χ4v) is 4.38. The molecule has 0 atom stereocenters. The lowest BCUT2D eigenvalue weighted by molar-refractivity contribution is -0.115. The molecule has 9 nitrogen and oxygen atoms in total. The van der Waals surface area contributed by atoms with Crippen molar-refractivity contribution in [2.24, 2.45) is 0 Å². The lowest BCUT2D eigenvalue weighted by atomic mass is 10.0. The summed E-state index contributed by atoms with van der Waals surface area (Å²) in [5.41, 5.74) is 1.39. The molecule has 0 fully saturated rings. The van der Waals surface area contributed by atoms with Gasteiger partial charge in [0.15, 0.2) is 5.82 Å². The molecule has 0 bridgehead atoms. The first-order chi connectivity index (χ1) is 16.4. The smallest absolute Gasteiger partial charge is 0.321 e. The van der Waals surface area contributed by atoms with E-state index in [1.54, 1.807) is 0 Å². The Hall–Kier alpha value is -4.18. The van der Waals surface area contributed by atoms with Gasteiger partial charge in [-0.15, -0.1) is 0 Å². The van der Waals surface area contributed by atoms with Crippen LogP contribution in [0.2, 0.25) is 0 Å². The largest absolute Gasteiger partial charge is 0.481 e. The Kier molecular flexibility index (Phi) is 6.60. The van der Waals surface area contributed by atoms with E-state index in [9.17, 15) is 13.2 Å². The summed E-state index contributed by atoms with van der Waals surface area (Å²) in [6, 6.07) is 20.8. The highest BCUT2D eigenvalue weighted by atomic mass is 32.2. The summed E-state index contributed by atoms with van der Waals surface area (Å²) < 4.78 is 37.9. The van der Waals surface area contributed by atoms with Gasteiger partial charge in [0.2, 0.25) is 11.8 Å². The summed E-state index contributed by atoms with van der Waals surface area (Å²) in [6.45, 7) is 0. The predicted molar refractivity (Wildman–Crippen MR) is 129 cm³/mol. The van der Waals surface area contributed by atoms with E-state index in [0.29, 0.717) is 5.69 Å². The minimum atomic E-state index is -3.95. The normalized spacial score (nSPS) is 11.1. The molecular weight excluding hydrogens is 456 g/mol. The summed E-state index contributed by atoms with van der Waals surface area (Å²) in [6.07, 6.45) is 0.195. The number of sulfonamides is 1. The monoisotopic (exact) mass is 478 g/mol. The third kappa shape index (κ3) is 5.24. The Morgan fingerprint density at radius 3 is 2.38 bits per heavy atom. The molecule has 1 aromatic heterocycles. The molecular formula is C24H22N4O5S. The average molecular weight is 479 g/mol. The second-order valence-electron chi connectivity index (χ2n) is 7.28. The van der Waals surface area contributed by atoms with E-state index in [1.165, 1.54) is 44.6 Å². The lowest BCUT2D eigenvalue weighted by Gasteiger charge is -2.11. The molecule has 4 aromatic rings. The molecule has 0 unspecified atom stereocenters. The molecule has 0 saturated heterocycles. The van der Waals surface area contributed by atoms with Crippen molar-refractivity contribution >= 4 is 38.2 Å². The number of carbonyl (C=O) groups excluding carboxylic acids is 1. The maximum Gasteiger partial charge on any atom is 0.321 e. The van der Waals surface area contributed by atoms with E-state index in [4.69, 9.17) is 9.47 Å². The van der Waals surface area contributed by atoms with Gasteiger partial charge in [-0.25, -0.2) is 8.42 Å². The number of benzene rings is 3. The van der Waals surface area contributed by atoms with E-state index in [2.05, 4.69) is 20.0 Å². The van der Waals surface area contributed by atoms with Gasteiger partial charge in [-0.2, -0.15) is 9.97 Å². The standard InChI is InChI=1S/C24H22N4O5S/c1-32-23-15-21(26-24(27-23)33-2)28-34(30,31)19-12-10-18(11-13-19)25-22(29)14-17-8-5-7-16-6-3-4-9-20(16)17/h3-13,15H,14H2,1-2H3,(H,25,29)(H,26,27,28). The van der Waals surface area contributed by atoms with Crippen molar-refractivity contribution in [2.75, 3.05) is 24.3 Å². The second kappa shape index (κ2) is 9.75. The van der Waals surface area contributed by atoms with Crippen molar-refractivity contribution in [3.63, 3.8) is 0 Å². The van der Waals surface area contributed by atoms with Gasteiger partial charge < -0.3 is 14.8 Å². The molecule has 2 N–H and O–H groups in total. The zero-order chi connectivity index (χ0) is 24.1. The van der Waals surface area contributed by atoms with Crippen LogP contribution >= 0.6 is 0 Å². The fourth-order valence-electron chi connectivity index (χ4n) is 3.39. The number of rotatable bonds is 8. The van der Waals surface area contributed by atoms with Crippen LogP contribution < -0.4 is 19.5 Å². The van der Waals surface area contributed by atoms with Crippen LogP contribution in [0.1, 0.15) is 5.56 Å². The van der Waals surface area contributed by atoms with Crippen LogP contribution in [0.15, 0.2) is 77.7 Å². The Bertz CT molecular complexity index is 1410. The summed E-state index contributed by atoms with van der Waals surface area (Å²) in [5.74, 6) is -0.0600. The molecule has 0 aliphatic heterocycles. The van der Waals surface area contributed by atoms with Crippen molar-refractivity contribution in [3.8, 4) is 11.9 Å². The number of ether oxygens (including phenoxy) is 2. The van der Waals surface area contributed by atoms with E-state index in [1.807, 2.05) is 42.5 Å². The first-order valence-electron chi connectivity index (χ1n) is 10.2. The van der Waals surface area contributed by atoms with Gasteiger partial charge in [0.05, 0.1) is 25.5 Å². The topological polar surface area (TPSA) is 120 Å². The van der Waals surface area contributed by atoms with Gasteiger partial charge >= 0.3 is 6.01 Å². The fraction of sp³-hybridized carbons (Fsp3) is 0.125. The van der Waals surface area contributed by atoms with E-state index < -0.39 is 10.0 Å². The van der Waals surface area contributed by atoms with Crippen molar-refractivity contribution in [3.05, 3.63) is 78.4 Å². The summed E-state index contributed by atoms with van der Waals surface area (Å²) in [4.78, 5) is 20.5. The lowest BCUT2D eigenvalue weighted by Crippen LogP contribution is -2.16. The van der Waals surface area contributed by atoms with Crippen LogP contribution in [-0.2, 0) is 21.2 Å². The van der Waals surface area contributed by atoms with Crippen molar-refractivity contribution in [1.29, 1.82) is 0 Å². The number of anilines is 2. The number of fused-ring (bicyclic) bond motifs is 1. The number of carbonyl (C=O) groups is 1. The Balaban J connectivity index is 1.45. The minimum Gasteiger partial charge on any atom is -0.481 e. The molecule has 3 aromatic carbocycles.